The number of rotatable bonds is 5. The van der Waals surface area contributed by atoms with Crippen LogP contribution in [0.1, 0.15) is 11.1 Å². The number of hydrogen-bond acceptors (Lipinski definition) is 6. The van der Waals surface area contributed by atoms with Gasteiger partial charge in [-0.3, -0.25) is 10.1 Å². The molecule has 24 heavy (non-hydrogen) atoms. The Morgan fingerprint density at radius 2 is 2.12 bits per heavy atom. The molecule has 1 amide bonds. The minimum absolute atomic E-state index is 0.0657. The van der Waals surface area contributed by atoms with E-state index in [1.165, 1.54) is 0 Å². The number of nitrogens with zero attached hydrogens (tertiary/aromatic N) is 2. The van der Waals surface area contributed by atoms with Crippen LogP contribution >= 0.6 is 38.8 Å². The number of benzene rings is 1. The summed E-state index contributed by atoms with van der Waals surface area (Å²) in [6.45, 7) is 3.91. The van der Waals surface area contributed by atoms with Crippen molar-refractivity contribution in [2.75, 3.05) is 11.9 Å². The molecule has 0 bridgehead atoms. The van der Waals surface area contributed by atoms with Crippen molar-refractivity contribution in [1.29, 1.82) is 0 Å². The SMILES string of the molecule is Cc1cccc(OCC(=O)Nc2nc(-c3ccc(Br)s3)ns2)c1C. The van der Waals surface area contributed by atoms with Gasteiger partial charge in [0, 0.05) is 11.5 Å². The number of aryl methyl sites for hydroxylation is 1. The number of thiophene rings is 1. The molecule has 0 aliphatic carbocycles. The summed E-state index contributed by atoms with van der Waals surface area (Å²) in [4.78, 5) is 17.3. The van der Waals surface area contributed by atoms with Gasteiger partial charge in [-0.2, -0.15) is 9.36 Å². The number of nitrogens with one attached hydrogen (secondary N) is 1. The predicted molar refractivity (Wildman–Crippen MR) is 101 cm³/mol. The smallest absolute Gasteiger partial charge is 0.264 e. The van der Waals surface area contributed by atoms with Gasteiger partial charge in [-0.05, 0) is 59.1 Å². The Labute approximate surface area is 156 Å². The Morgan fingerprint density at radius 3 is 2.88 bits per heavy atom. The van der Waals surface area contributed by atoms with Crippen molar-refractivity contribution in [1.82, 2.24) is 9.36 Å². The molecule has 1 N–H and O–H groups in total. The first kappa shape index (κ1) is 17.1. The summed E-state index contributed by atoms with van der Waals surface area (Å²) < 4.78 is 10.9. The summed E-state index contributed by atoms with van der Waals surface area (Å²) in [6.07, 6.45) is 0. The zero-order chi connectivity index (χ0) is 17.1. The second kappa shape index (κ2) is 7.42. The van der Waals surface area contributed by atoms with Gasteiger partial charge in [-0.1, -0.05) is 12.1 Å². The lowest BCUT2D eigenvalue weighted by Crippen LogP contribution is -2.20. The first-order valence-electron chi connectivity index (χ1n) is 7.11. The Bertz CT molecular complexity index is 876. The molecule has 2 heterocycles. The van der Waals surface area contributed by atoms with Gasteiger partial charge in [0.2, 0.25) is 5.13 Å². The average Bonchev–Trinajstić information content (AvgIpc) is 3.18. The molecule has 2 aromatic heterocycles. The van der Waals surface area contributed by atoms with Gasteiger partial charge in [0.25, 0.3) is 5.91 Å². The van der Waals surface area contributed by atoms with Crippen LogP contribution in [0.25, 0.3) is 10.7 Å². The molecule has 0 saturated heterocycles. The Morgan fingerprint density at radius 1 is 1.29 bits per heavy atom. The molecule has 3 aromatic rings. The number of carbonyl (C=O) groups excluding carboxylic acids is 1. The summed E-state index contributed by atoms with van der Waals surface area (Å²) in [5.74, 6) is 1.07. The lowest BCUT2D eigenvalue weighted by molar-refractivity contribution is -0.118. The van der Waals surface area contributed by atoms with Crippen LogP contribution < -0.4 is 10.1 Å². The molecule has 0 fully saturated rings. The highest BCUT2D eigenvalue weighted by Crippen LogP contribution is 2.31. The van der Waals surface area contributed by atoms with Crippen molar-refractivity contribution in [3.8, 4) is 16.5 Å². The molecule has 124 valence electrons. The van der Waals surface area contributed by atoms with Crippen LogP contribution in [0.4, 0.5) is 5.13 Å². The molecule has 0 aliphatic rings. The topological polar surface area (TPSA) is 64.1 Å². The number of hydrogen-bond donors (Lipinski definition) is 1. The maximum Gasteiger partial charge on any atom is 0.264 e. The normalized spacial score (nSPS) is 10.6. The monoisotopic (exact) mass is 423 g/mol. The third kappa shape index (κ3) is 4.00. The molecule has 1 aromatic carbocycles. The maximum absolute atomic E-state index is 12.0. The van der Waals surface area contributed by atoms with Crippen molar-refractivity contribution in [2.24, 2.45) is 0 Å². The van der Waals surface area contributed by atoms with Crippen LogP contribution in [0.15, 0.2) is 34.1 Å². The average molecular weight is 424 g/mol. The van der Waals surface area contributed by atoms with Gasteiger partial charge < -0.3 is 4.74 Å². The van der Waals surface area contributed by atoms with Crippen LogP contribution in [0.5, 0.6) is 5.75 Å². The van der Waals surface area contributed by atoms with E-state index in [9.17, 15) is 4.79 Å². The summed E-state index contributed by atoms with van der Waals surface area (Å²) in [7, 11) is 0. The van der Waals surface area contributed by atoms with Crippen molar-refractivity contribution in [3.63, 3.8) is 0 Å². The zero-order valence-electron chi connectivity index (χ0n) is 13.0. The van der Waals surface area contributed by atoms with Crippen molar-refractivity contribution in [3.05, 3.63) is 45.2 Å². The fraction of sp³-hybridized carbons (Fsp3) is 0.188. The lowest BCUT2D eigenvalue weighted by Gasteiger charge is -2.10. The highest BCUT2D eigenvalue weighted by Gasteiger charge is 2.12. The molecule has 0 saturated carbocycles. The second-order valence-electron chi connectivity index (χ2n) is 5.06. The largest absolute Gasteiger partial charge is 0.483 e. The van der Waals surface area contributed by atoms with E-state index >= 15 is 0 Å². The third-order valence-electron chi connectivity index (χ3n) is 3.38. The zero-order valence-corrected chi connectivity index (χ0v) is 16.2. The quantitative estimate of drug-likeness (QED) is 0.647. The maximum atomic E-state index is 12.0. The first-order valence-corrected chi connectivity index (χ1v) is 9.49. The highest BCUT2D eigenvalue weighted by molar-refractivity contribution is 9.11. The molecular formula is C16H14BrN3O2S2. The minimum atomic E-state index is -0.258. The molecule has 0 aliphatic heterocycles. The molecule has 8 heteroatoms. The molecule has 3 rings (SSSR count). The van der Waals surface area contributed by atoms with Gasteiger partial charge in [0.15, 0.2) is 12.4 Å². The number of amides is 1. The first-order chi connectivity index (χ1) is 11.5. The molecular weight excluding hydrogens is 410 g/mol. The van der Waals surface area contributed by atoms with Gasteiger partial charge in [-0.25, -0.2) is 0 Å². The van der Waals surface area contributed by atoms with E-state index in [-0.39, 0.29) is 12.5 Å². The van der Waals surface area contributed by atoms with E-state index in [0.717, 1.165) is 31.3 Å². The Kier molecular flexibility index (Phi) is 5.27. The summed E-state index contributed by atoms with van der Waals surface area (Å²) >= 11 is 6.11. The van der Waals surface area contributed by atoms with Gasteiger partial charge in [-0.15, -0.1) is 11.3 Å². The van der Waals surface area contributed by atoms with E-state index < -0.39 is 0 Å². The summed E-state index contributed by atoms with van der Waals surface area (Å²) in [5, 5.41) is 3.18. The lowest BCUT2D eigenvalue weighted by atomic mass is 10.1. The molecule has 0 atom stereocenters. The number of aromatic nitrogens is 2. The molecule has 0 spiro atoms. The van der Waals surface area contributed by atoms with Crippen LogP contribution in [0.3, 0.4) is 0 Å². The van der Waals surface area contributed by atoms with E-state index in [1.54, 1.807) is 11.3 Å². The van der Waals surface area contributed by atoms with Crippen LogP contribution in [-0.4, -0.2) is 21.9 Å². The van der Waals surface area contributed by atoms with E-state index in [4.69, 9.17) is 4.74 Å². The van der Waals surface area contributed by atoms with Gasteiger partial charge in [0.1, 0.15) is 5.75 Å². The second-order valence-corrected chi connectivity index (χ2v) is 8.28. The number of halogens is 1. The summed E-state index contributed by atoms with van der Waals surface area (Å²) in [6, 6.07) is 9.65. The van der Waals surface area contributed by atoms with Crippen molar-refractivity contribution < 1.29 is 9.53 Å². The van der Waals surface area contributed by atoms with Gasteiger partial charge in [0.05, 0.1) is 8.66 Å². The summed E-state index contributed by atoms with van der Waals surface area (Å²) in [5.41, 5.74) is 2.16. The Hall–Kier alpha value is -1.77. The fourth-order valence-corrected chi connectivity index (χ4v) is 3.96. The van der Waals surface area contributed by atoms with Crippen molar-refractivity contribution in [2.45, 2.75) is 13.8 Å². The number of anilines is 1. The predicted octanol–water partition coefficient (Wildman–Crippen LogP) is 4.66. The Balaban J connectivity index is 1.59. The fourth-order valence-electron chi connectivity index (χ4n) is 1.99. The molecule has 0 radical (unpaired) electrons. The molecule has 0 unspecified atom stereocenters. The standard InChI is InChI=1S/C16H14BrN3O2S2/c1-9-4-3-5-11(10(9)2)22-8-14(21)18-16-19-15(20-24-16)12-6-7-13(17)23-12/h3-7H,8H2,1-2H3,(H,18,19,20,21). The van der Waals surface area contributed by atoms with E-state index in [2.05, 4.69) is 30.6 Å². The van der Waals surface area contributed by atoms with Crippen molar-refractivity contribution >= 4 is 49.8 Å². The van der Waals surface area contributed by atoms with E-state index in [1.807, 2.05) is 44.2 Å². The van der Waals surface area contributed by atoms with Crippen LogP contribution in [-0.2, 0) is 4.79 Å². The number of carbonyl (C=O) groups is 1. The van der Waals surface area contributed by atoms with Gasteiger partial charge >= 0.3 is 0 Å². The molecule has 5 nitrogen and oxygen atoms in total. The van der Waals surface area contributed by atoms with E-state index in [0.29, 0.717) is 16.7 Å². The highest BCUT2D eigenvalue weighted by atomic mass is 79.9. The van der Waals surface area contributed by atoms with Crippen LogP contribution in [0, 0.1) is 13.8 Å². The number of ether oxygens (including phenoxy) is 1. The van der Waals surface area contributed by atoms with Crippen LogP contribution in [0.2, 0.25) is 0 Å². The third-order valence-corrected chi connectivity index (χ3v) is 5.63. The minimum Gasteiger partial charge on any atom is -0.483 e.